The molecular weight excluding hydrogens is 282 g/mol. The average Bonchev–Trinajstić information content (AvgIpc) is 2.58. The number of anilines is 3. The zero-order chi connectivity index (χ0) is 15.9. The second-order valence-electron chi connectivity index (χ2n) is 4.85. The molecule has 0 N–H and O–H groups in total. The molecule has 120 valence electrons. The van der Waals surface area contributed by atoms with Gasteiger partial charge in [0, 0.05) is 32.7 Å². The Bertz CT molecular complexity index is 520. The summed E-state index contributed by atoms with van der Waals surface area (Å²) in [5.41, 5.74) is 0. The molecule has 1 saturated heterocycles. The highest BCUT2D eigenvalue weighted by Gasteiger charge is 2.20. The third-order valence-corrected chi connectivity index (χ3v) is 3.62. The highest BCUT2D eigenvalue weighted by atomic mass is 16.5. The minimum absolute atomic E-state index is 0.406. The van der Waals surface area contributed by atoms with Crippen molar-refractivity contribution in [3.8, 4) is 6.19 Å². The van der Waals surface area contributed by atoms with Crippen molar-refractivity contribution in [2.24, 2.45) is 0 Å². The quantitative estimate of drug-likeness (QED) is 0.565. The molecule has 0 aliphatic carbocycles. The van der Waals surface area contributed by atoms with E-state index in [1.54, 1.807) is 0 Å². The lowest BCUT2D eigenvalue weighted by molar-refractivity contribution is 0.122. The second kappa shape index (κ2) is 7.75. The van der Waals surface area contributed by atoms with Crippen LogP contribution in [0.2, 0.25) is 0 Å². The van der Waals surface area contributed by atoms with Crippen LogP contribution in [0.3, 0.4) is 0 Å². The van der Waals surface area contributed by atoms with Crippen LogP contribution in [0, 0.1) is 11.5 Å². The molecule has 1 aliphatic heterocycles. The average molecular weight is 305 g/mol. The molecular formula is C14H23N7O. The molecule has 0 bridgehead atoms. The fraction of sp³-hybridized carbons (Fsp3) is 0.714. The number of morpholine rings is 1. The molecule has 2 rings (SSSR count). The Hall–Kier alpha value is -2.14. The first-order valence-electron chi connectivity index (χ1n) is 7.74. The lowest BCUT2D eigenvalue weighted by Gasteiger charge is -2.28. The van der Waals surface area contributed by atoms with E-state index in [4.69, 9.17) is 4.74 Å². The van der Waals surface area contributed by atoms with Crippen LogP contribution in [-0.4, -0.2) is 60.9 Å². The first kappa shape index (κ1) is 16.2. The van der Waals surface area contributed by atoms with Gasteiger partial charge in [-0.3, -0.25) is 0 Å². The van der Waals surface area contributed by atoms with E-state index in [9.17, 15) is 5.26 Å². The summed E-state index contributed by atoms with van der Waals surface area (Å²) in [5, 5.41) is 9.25. The van der Waals surface area contributed by atoms with Crippen molar-refractivity contribution in [3.05, 3.63) is 0 Å². The third-order valence-electron chi connectivity index (χ3n) is 3.62. The summed E-state index contributed by atoms with van der Waals surface area (Å²) in [7, 11) is 0. The van der Waals surface area contributed by atoms with E-state index >= 15 is 0 Å². The van der Waals surface area contributed by atoms with Crippen LogP contribution < -0.4 is 14.7 Å². The molecule has 8 nitrogen and oxygen atoms in total. The maximum absolute atomic E-state index is 9.25. The molecule has 22 heavy (non-hydrogen) atoms. The van der Waals surface area contributed by atoms with Gasteiger partial charge in [0.25, 0.3) is 0 Å². The summed E-state index contributed by atoms with van der Waals surface area (Å²) >= 11 is 0. The van der Waals surface area contributed by atoms with Gasteiger partial charge in [-0.05, 0) is 20.8 Å². The van der Waals surface area contributed by atoms with Crippen molar-refractivity contribution >= 4 is 17.8 Å². The Labute approximate surface area is 131 Å². The summed E-state index contributed by atoms with van der Waals surface area (Å²) in [6.45, 7) is 11.0. The summed E-state index contributed by atoms with van der Waals surface area (Å²) in [4.78, 5) is 19.1. The summed E-state index contributed by atoms with van der Waals surface area (Å²) in [6.07, 6.45) is 2.12. The first-order valence-corrected chi connectivity index (χ1v) is 7.74. The van der Waals surface area contributed by atoms with Gasteiger partial charge in [-0.15, -0.1) is 0 Å². The van der Waals surface area contributed by atoms with E-state index in [0.29, 0.717) is 37.6 Å². The molecule has 0 saturated carbocycles. The number of ether oxygens (including phenoxy) is 1. The Kier molecular flexibility index (Phi) is 5.72. The molecule has 2 heterocycles. The first-order chi connectivity index (χ1) is 10.7. The summed E-state index contributed by atoms with van der Waals surface area (Å²) in [6, 6.07) is 0. The van der Waals surface area contributed by atoms with E-state index in [0.717, 1.165) is 26.2 Å². The molecule has 1 aliphatic rings. The Balaban J connectivity index is 2.41. The van der Waals surface area contributed by atoms with Gasteiger partial charge >= 0.3 is 0 Å². The molecule has 8 heteroatoms. The van der Waals surface area contributed by atoms with Gasteiger partial charge in [-0.25, -0.2) is 4.90 Å². The van der Waals surface area contributed by atoms with E-state index in [2.05, 4.69) is 44.8 Å². The van der Waals surface area contributed by atoms with Crippen molar-refractivity contribution in [2.75, 3.05) is 60.6 Å². The standard InChI is InChI=1S/C14H23N7O/c1-4-19(5-2)12-16-13(20(6-3)11-15)18-14(17-12)21-7-9-22-10-8-21/h4-10H2,1-3H3. The Morgan fingerprint density at radius 1 is 1.05 bits per heavy atom. The number of rotatable bonds is 6. The van der Waals surface area contributed by atoms with Gasteiger partial charge in [0.05, 0.1) is 13.2 Å². The Morgan fingerprint density at radius 3 is 2.23 bits per heavy atom. The minimum atomic E-state index is 0.406. The second-order valence-corrected chi connectivity index (χ2v) is 4.85. The lowest BCUT2D eigenvalue weighted by Crippen LogP contribution is -2.38. The van der Waals surface area contributed by atoms with E-state index in [1.807, 2.05) is 6.92 Å². The molecule has 1 aromatic heterocycles. The van der Waals surface area contributed by atoms with E-state index in [-0.39, 0.29) is 0 Å². The largest absolute Gasteiger partial charge is 0.378 e. The smallest absolute Gasteiger partial charge is 0.245 e. The maximum Gasteiger partial charge on any atom is 0.245 e. The molecule has 0 spiro atoms. The lowest BCUT2D eigenvalue weighted by atomic mass is 10.4. The van der Waals surface area contributed by atoms with Crippen molar-refractivity contribution in [3.63, 3.8) is 0 Å². The number of aromatic nitrogens is 3. The van der Waals surface area contributed by atoms with Crippen molar-refractivity contribution in [1.82, 2.24) is 15.0 Å². The molecule has 0 atom stereocenters. The van der Waals surface area contributed by atoms with Crippen LogP contribution in [0.5, 0.6) is 0 Å². The zero-order valence-corrected chi connectivity index (χ0v) is 13.5. The van der Waals surface area contributed by atoms with Crippen LogP contribution in [0.1, 0.15) is 20.8 Å². The number of nitriles is 1. The third kappa shape index (κ3) is 3.54. The highest BCUT2D eigenvalue weighted by Crippen LogP contribution is 2.19. The van der Waals surface area contributed by atoms with Crippen molar-refractivity contribution < 1.29 is 4.74 Å². The van der Waals surface area contributed by atoms with E-state index in [1.165, 1.54) is 4.90 Å². The minimum Gasteiger partial charge on any atom is -0.378 e. The fourth-order valence-electron chi connectivity index (χ4n) is 2.27. The van der Waals surface area contributed by atoms with Crippen LogP contribution in [0.4, 0.5) is 17.8 Å². The Morgan fingerprint density at radius 2 is 1.68 bits per heavy atom. The predicted molar refractivity (Wildman–Crippen MR) is 85.1 cm³/mol. The topological polar surface area (TPSA) is 81.4 Å². The molecule has 0 unspecified atom stereocenters. The van der Waals surface area contributed by atoms with Crippen LogP contribution >= 0.6 is 0 Å². The van der Waals surface area contributed by atoms with Crippen LogP contribution in [0.25, 0.3) is 0 Å². The number of nitrogens with zero attached hydrogens (tertiary/aromatic N) is 7. The van der Waals surface area contributed by atoms with Gasteiger partial charge in [-0.1, -0.05) is 0 Å². The molecule has 1 aromatic rings. The summed E-state index contributed by atoms with van der Waals surface area (Å²) < 4.78 is 5.38. The fourth-order valence-corrected chi connectivity index (χ4v) is 2.27. The monoisotopic (exact) mass is 305 g/mol. The van der Waals surface area contributed by atoms with Gasteiger partial charge in [-0.2, -0.15) is 20.2 Å². The van der Waals surface area contributed by atoms with Gasteiger partial charge in [0.1, 0.15) is 0 Å². The van der Waals surface area contributed by atoms with Gasteiger partial charge in [0.2, 0.25) is 17.8 Å². The van der Waals surface area contributed by atoms with Crippen molar-refractivity contribution in [1.29, 1.82) is 5.26 Å². The molecule has 1 fully saturated rings. The maximum atomic E-state index is 9.25. The van der Waals surface area contributed by atoms with Crippen molar-refractivity contribution in [2.45, 2.75) is 20.8 Å². The normalized spacial score (nSPS) is 14.5. The SMILES string of the molecule is CCN(C#N)c1nc(N(CC)CC)nc(N2CCOCC2)n1. The number of hydrogen-bond donors (Lipinski definition) is 0. The zero-order valence-electron chi connectivity index (χ0n) is 13.5. The highest BCUT2D eigenvalue weighted by molar-refractivity contribution is 5.48. The van der Waals surface area contributed by atoms with E-state index < -0.39 is 0 Å². The molecule has 0 radical (unpaired) electrons. The predicted octanol–water partition coefficient (Wildman–Crippen LogP) is 0.862. The number of hydrogen-bond acceptors (Lipinski definition) is 8. The summed E-state index contributed by atoms with van der Waals surface area (Å²) in [5.74, 6) is 1.64. The molecule has 0 amide bonds. The van der Waals surface area contributed by atoms with Crippen LogP contribution in [0.15, 0.2) is 0 Å². The van der Waals surface area contributed by atoms with Crippen LogP contribution in [-0.2, 0) is 4.74 Å². The molecule has 0 aromatic carbocycles. The van der Waals surface area contributed by atoms with Gasteiger partial charge in [0.15, 0.2) is 6.19 Å². The van der Waals surface area contributed by atoms with Gasteiger partial charge < -0.3 is 14.5 Å².